The summed E-state index contributed by atoms with van der Waals surface area (Å²) in [6.07, 6.45) is 4.45. The number of carbonyl (C=O) groups is 2. The van der Waals surface area contributed by atoms with E-state index in [-0.39, 0.29) is 29.0 Å². The van der Waals surface area contributed by atoms with E-state index in [9.17, 15) is 18.4 Å². The second kappa shape index (κ2) is 8.47. The second-order valence-corrected chi connectivity index (χ2v) is 9.89. The summed E-state index contributed by atoms with van der Waals surface area (Å²) >= 11 is 0. The Labute approximate surface area is 192 Å². The van der Waals surface area contributed by atoms with Crippen LogP contribution in [0.1, 0.15) is 57.9 Å². The summed E-state index contributed by atoms with van der Waals surface area (Å²) < 4.78 is 28.7. The van der Waals surface area contributed by atoms with Crippen molar-refractivity contribution in [2.75, 3.05) is 13.6 Å². The van der Waals surface area contributed by atoms with Crippen LogP contribution in [-0.4, -0.2) is 46.5 Å². The van der Waals surface area contributed by atoms with Crippen LogP contribution in [-0.2, 0) is 9.59 Å². The van der Waals surface area contributed by atoms with Crippen LogP contribution in [0.3, 0.4) is 0 Å². The topological polar surface area (TPSA) is 75.2 Å². The van der Waals surface area contributed by atoms with Gasteiger partial charge in [0.25, 0.3) is 0 Å². The SMILES string of the molecule is CNC(=O)C1CCCN1C(=O)[C@@]1(C)CC[C@H](c2cnnc(-c3c(F)cccc3F)c2)C1(C)C. The standard InChI is InChI=1S/C25H30F2N4O2/c1-24(2)16(15-13-19(30-29-14-15)21-17(26)7-5-8-18(21)27)10-11-25(24,3)23(33)31-12-6-9-20(31)22(32)28-4/h5,7-8,13-14,16,20H,6,9-12H2,1-4H3,(H,28,32)/t16-,20?,25-/m1/s1. The van der Waals surface area contributed by atoms with Gasteiger partial charge in [-0.05, 0) is 60.8 Å². The minimum absolute atomic E-state index is 0.0107. The average Bonchev–Trinajstić information content (AvgIpc) is 3.36. The van der Waals surface area contributed by atoms with Crippen molar-refractivity contribution in [3.05, 3.63) is 47.7 Å². The third-order valence-electron chi connectivity index (χ3n) is 8.06. The fourth-order valence-electron chi connectivity index (χ4n) is 5.67. The van der Waals surface area contributed by atoms with Crippen molar-refractivity contribution in [3.8, 4) is 11.3 Å². The fourth-order valence-corrected chi connectivity index (χ4v) is 5.67. The smallest absolute Gasteiger partial charge is 0.242 e. The van der Waals surface area contributed by atoms with E-state index in [4.69, 9.17) is 0 Å². The molecule has 0 radical (unpaired) electrons. The Bertz CT molecular complexity index is 1070. The summed E-state index contributed by atoms with van der Waals surface area (Å²) in [6, 6.07) is 4.95. The van der Waals surface area contributed by atoms with Crippen molar-refractivity contribution < 1.29 is 18.4 Å². The maximum absolute atomic E-state index is 14.3. The second-order valence-electron chi connectivity index (χ2n) is 9.89. The lowest BCUT2D eigenvalue weighted by Gasteiger charge is -2.43. The van der Waals surface area contributed by atoms with E-state index in [1.807, 2.05) is 6.92 Å². The van der Waals surface area contributed by atoms with Gasteiger partial charge in [-0.2, -0.15) is 10.2 Å². The Kier molecular flexibility index (Phi) is 5.97. The third kappa shape index (κ3) is 3.69. The fraction of sp³-hybridized carbons (Fsp3) is 0.520. The summed E-state index contributed by atoms with van der Waals surface area (Å²) in [5.41, 5.74) is -0.437. The largest absolute Gasteiger partial charge is 0.357 e. The molecular weight excluding hydrogens is 426 g/mol. The molecule has 1 aromatic carbocycles. The molecule has 1 saturated carbocycles. The van der Waals surface area contributed by atoms with E-state index in [0.29, 0.717) is 19.4 Å². The van der Waals surface area contributed by atoms with Crippen LogP contribution in [0.15, 0.2) is 30.5 Å². The molecule has 0 bridgehead atoms. The molecule has 2 amide bonds. The number of hydrogen-bond acceptors (Lipinski definition) is 4. The maximum atomic E-state index is 14.3. The van der Waals surface area contributed by atoms with Crippen molar-refractivity contribution in [3.63, 3.8) is 0 Å². The molecule has 1 aliphatic heterocycles. The Hall–Kier alpha value is -2.90. The third-order valence-corrected chi connectivity index (χ3v) is 8.06. The molecule has 2 aromatic rings. The molecule has 8 heteroatoms. The van der Waals surface area contributed by atoms with Crippen LogP contribution in [0.5, 0.6) is 0 Å². The first-order chi connectivity index (χ1) is 15.6. The number of hydrogen-bond donors (Lipinski definition) is 1. The lowest BCUT2D eigenvalue weighted by atomic mass is 9.63. The van der Waals surface area contributed by atoms with E-state index in [0.717, 1.165) is 18.4 Å². The molecule has 1 unspecified atom stereocenters. The number of nitrogens with one attached hydrogen (secondary N) is 1. The molecule has 2 heterocycles. The van der Waals surface area contributed by atoms with Crippen LogP contribution in [0.25, 0.3) is 11.3 Å². The molecule has 6 nitrogen and oxygen atoms in total. The summed E-state index contributed by atoms with van der Waals surface area (Å²) in [4.78, 5) is 27.9. The minimum Gasteiger partial charge on any atom is -0.357 e. The van der Waals surface area contributed by atoms with Gasteiger partial charge in [0.1, 0.15) is 17.7 Å². The van der Waals surface area contributed by atoms with E-state index in [1.165, 1.54) is 18.2 Å². The lowest BCUT2D eigenvalue weighted by molar-refractivity contribution is -0.150. The molecule has 1 saturated heterocycles. The number of likely N-dealkylation sites (tertiary alicyclic amines) is 1. The predicted molar refractivity (Wildman–Crippen MR) is 120 cm³/mol. The number of benzene rings is 1. The molecule has 33 heavy (non-hydrogen) atoms. The number of halogens is 2. The van der Waals surface area contributed by atoms with Gasteiger partial charge in [-0.1, -0.05) is 26.8 Å². The highest BCUT2D eigenvalue weighted by Gasteiger charge is 2.58. The van der Waals surface area contributed by atoms with Gasteiger partial charge in [-0.15, -0.1) is 0 Å². The molecule has 2 aliphatic rings. The summed E-state index contributed by atoms with van der Waals surface area (Å²) in [5, 5.41) is 10.7. The van der Waals surface area contributed by atoms with E-state index in [2.05, 4.69) is 29.4 Å². The summed E-state index contributed by atoms with van der Waals surface area (Å²) in [6.45, 7) is 6.65. The van der Waals surface area contributed by atoms with Crippen LogP contribution >= 0.6 is 0 Å². The summed E-state index contributed by atoms with van der Waals surface area (Å²) in [5.74, 6) is -1.59. The Morgan fingerprint density at radius 2 is 1.85 bits per heavy atom. The Morgan fingerprint density at radius 1 is 1.15 bits per heavy atom. The summed E-state index contributed by atoms with van der Waals surface area (Å²) in [7, 11) is 1.59. The highest BCUT2D eigenvalue weighted by Crippen LogP contribution is 2.61. The van der Waals surface area contributed by atoms with E-state index < -0.39 is 28.5 Å². The molecule has 1 N–H and O–H groups in total. The maximum Gasteiger partial charge on any atom is 0.242 e. The van der Waals surface area contributed by atoms with Gasteiger partial charge in [-0.3, -0.25) is 9.59 Å². The average molecular weight is 457 g/mol. The predicted octanol–water partition coefficient (Wildman–Crippen LogP) is 4.07. The van der Waals surface area contributed by atoms with Gasteiger partial charge in [0.2, 0.25) is 11.8 Å². The van der Waals surface area contributed by atoms with Crippen LogP contribution in [0, 0.1) is 22.5 Å². The van der Waals surface area contributed by atoms with Gasteiger partial charge in [-0.25, -0.2) is 8.78 Å². The zero-order valence-electron chi connectivity index (χ0n) is 19.5. The lowest BCUT2D eigenvalue weighted by Crippen LogP contribution is -2.53. The molecular formula is C25H30F2N4O2. The monoisotopic (exact) mass is 456 g/mol. The van der Waals surface area contributed by atoms with Gasteiger partial charge < -0.3 is 10.2 Å². The number of carbonyl (C=O) groups excluding carboxylic acids is 2. The number of nitrogens with zero attached hydrogens (tertiary/aromatic N) is 3. The van der Waals surface area contributed by atoms with Gasteiger partial charge in [0.15, 0.2) is 0 Å². The number of aromatic nitrogens is 2. The van der Waals surface area contributed by atoms with Gasteiger partial charge in [0.05, 0.1) is 22.9 Å². The Balaban J connectivity index is 1.66. The van der Waals surface area contributed by atoms with Crippen molar-refractivity contribution >= 4 is 11.8 Å². The van der Waals surface area contributed by atoms with E-state index >= 15 is 0 Å². The molecule has 176 valence electrons. The number of rotatable bonds is 4. The molecule has 2 fully saturated rings. The molecule has 1 aromatic heterocycles. The van der Waals surface area contributed by atoms with E-state index in [1.54, 1.807) is 24.2 Å². The molecule has 3 atom stereocenters. The van der Waals surface area contributed by atoms with Crippen molar-refractivity contribution in [2.24, 2.45) is 10.8 Å². The highest BCUT2D eigenvalue weighted by atomic mass is 19.1. The van der Waals surface area contributed by atoms with Crippen molar-refractivity contribution in [1.82, 2.24) is 20.4 Å². The highest BCUT2D eigenvalue weighted by molar-refractivity contribution is 5.91. The quantitative estimate of drug-likeness (QED) is 0.753. The van der Waals surface area contributed by atoms with Gasteiger partial charge >= 0.3 is 0 Å². The first-order valence-corrected chi connectivity index (χ1v) is 11.4. The first kappa shape index (κ1) is 23.3. The minimum atomic E-state index is -0.693. The van der Waals surface area contributed by atoms with Gasteiger partial charge in [0, 0.05) is 13.6 Å². The Morgan fingerprint density at radius 3 is 2.52 bits per heavy atom. The first-order valence-electron chi connectivity index (χ1n) is 11.4. The molecule has 4 rings (SSSR count). The van der Waals surface area contributed by atoms with Crippen LogP contribution in [0.2, 0.25) is 0 Å². The van der Waals surface area contributed by atoms with Crippen molar-refractivity contribution in [1.29, 1.82) is 0 Å². The molecule has 1 aliphatic carbocycles. The normalized spacial score (nSPS) is 26.4. The zero-order chi connectivity index (χ0) is 24.0. The van der Waals surface area contributed by atoms with Crippen molar-refractivity contribution in [2.45, 2.75) is 58.4 Å². The zero-order valence-corrected chi connectivity index (χ0v) is 19.5. The van der Waals surface area contributed by atoms with Crippen LogP contribution in [0.4, 0.5) is 8.78 Å². The number of amides is 2. The number of likely N-dealkylation sites (N-methyl/N-ethyl adjacent to an activating group) is 1. The van der Waals surface area contributed by atoms with Crippen LogP contribution < -0.4 is 5.32 Å². The molecule has 0 spiro atoms.